The normalized spacial score (nSPS) is 29.3. The number of aliphatic hydroxyl groups is 2. The van der Waals surface area contributed by atoms with Crippen LogP contribution in [0.15, 0.2) is 29.2 Å². The van der Waals surface area contributed by atoms with E-state index in [-0.39, 0.29) is 34.9 Å². The first-order valence-electron chi connectivity index (χ1n) is 13.6. The number of aliphatic hydroxyl groups excluding tert-OH is 2. The highest BCUT2D eigenvalue weighted by atomic mass is 35.5. The van der Waals surface area contributed by atoms with Crippen LogP contribution >= 0.6 is 11.6 Å². The van der Waals surface area contributed by atoms with E-state index < -0.39 is 27.6 Å². The predicted molar refractivity (Wildman–Crippen MR) is 142 cm³/mol. The molecule has 10 heteroatoms. The first-order chi connectivity index (χ1) is 17.5. The minimum absolute atomic E-state index is 0.0610. The standard InChI is InChI=1S/C27H40ClN3O5S/c1-26(2,18-32)30-13-11-29(12-14-30)25(34)17-27(9-10-27)24-16-21(33)15-23(19-3-4-19)31(24)37(35,36)22-7-5-20(28)6-8-22/h5-8,19,21,23-24,32-33H,3-4,9-18H2,1-2H3/t21-,23-,24?/m0/s1. The number of benzene rings is 1. The molecule has 4 aliphatic rings. The van der Waals surface area contributed by atoms with Gasteiger partial charge in [0.15, 0.2) is 0 Å². The molecule has 3 atom stereocenters. The summed E-state index contributed by atoms with van der Waals surface area (Å²) in [7, 11) is -3.83. The van der Waals surface area contributed by atoms with Crippen LogP contribution in [0.5, 0.6) is 0 Å². The minimum Gasteiger partial charge on any atom is -0.394 e. The summed E-state index contributed by atoms with van der Waals surface area (Å²) in [4.78, 5) is 17.8. The van der Waals surface area contributed by atoms with Gasteiger partial charge in [0.05, 0.1) is 17.6 Å². The lowest BCUT2D eigenvalue weighted by Gasteiger charge is -2.47. The van der Waals surface area contributed by atoms with E-state index in [2.05, 4.69) is 4.90 Å². The van der Waals surface area contributed by atoms with Crippen LogP contribution in [0.4, 0.5) is 0 Å². The molecule has 1 aromatic carbocycles. The average Bonchev–Trinajstić information content (AvgIpc) is 3.79. The molecule has 0 aromatic heterocycles. The Morgan fingerprint density at radius 2 is 1.70 bits per heavy atom. The Bertz CT molecular complexity index is 1100. The van der Waals surface area contributed by atoms with Crippen LogP contribution in [0.3, 0.4) is 0 Å². The summed E-state index contributed by atoms with van der Waals surface area (Å²) in [6.45, 7) is 6.68. The van der Waals surface area contributed by atoms with Crippen molar-refractivity contribution in [2.45, 2.75) is 87.4 Å². The van der Waals surface area contributed by atoms with Gasteiger partial charge in [-0.25, -0.2) is 8.42 Å². The van der Waals surface area contributed by atoms with E-state index in [0.29, 0.717) is 50.5 Å². The maximum absolute atomic E-state index is 14.1. The zero-order valence-electron chi connectivity index (χ0n) is 21.9. The molecule has 1 aromatic rings. The third-order valence-electron chi connectivity index (χ3n) is 9.18. The van der Waals surface area contributed by atoms with Crippen LogP contribution < -0.4 is 0 Å². The third-order valence-corrected chi connectivity index (χ3v) is 11.4. The maximum atomic E-state index is 14.1. The van der Waals surface area contributed by atoms with Crippen LogP contribution in [-0.4, -0.2) is 95.2 Å². The maximum Gasteiger partial charge on any atom is 0.243 e. The number of amides is 1. The molecule has 206 valence electrons. The largest absolute Gasteiger partial charge is 0.394 e. The van der Waals surface area contributed by atoms with Crippen LogP contribution in [0.25, 0.3) is 0 Å². The van der Waals surface area contributed by atoms with Crippen molar-refractivity contribution in [1.29, 1.82) is 0 Å². The quantitative estimate of drug-likeness (QED) is 0.513. The third kappa shape index (κ3) is 5.45. The molecule has 37 heavy (non-hydrogen) atoms. The first-order valence-corrected chi connectivity index (χ1v) is 15.4. The Balaban J connectivity index is 1.37. The van der Waals surface area contributed by atoms with Crippen molar-refractivity contribution in [1.82, 2.24) is 14.1 Å². The number of piperazine rings is 1. The Kier molecular flexibility index (Phi) is 7.44. The molecule has 0 radical (unpaired) electrons. The fraction of sp³-hybridized carbons (Fsp3) is 0.741. The van der Waals surface area contributed by atoms with E-state index in [1.165, 1.54) is 0 Å². The lowest BCUT2D eigenvalue weighted by atomic mass is 9.82. The van der Waals surface area contributed by atoms with Crippen molar-refractivity contribution in [3.05, 3.63) is 29.3 Å². The second-order valence-corrected chi connectivity index (χ2v) is 14.5. The fourth-order valence-electron chi connectivity index (χ4n) is 6.41. The van der Waals surface area contributed by atoms with E-state index in [1.807, 2.05) is 18.7 Å². The molecular weight excluding hydrogens is 514 g/mol. The van der Waals surface area contributed by atoms with Gasteiger partial charge in [-0.05, 0) is 88.0 Å². The van der Waals surface area contributed by atoms with Crippen molar-refractivity contribution in [2.75, 3.05) is 32.8 Å². The summed E-state index contributed by atoms with van der Waals surface area (Å²) < 4.78 is 29.8. The zero-order chi connectivity index (χ0) is 26.6. The Hall–Kier alpha value is -1.23. The molecule has 2 saturated heterocycles. The number of carbonyl (C=O) groups is 1. The molecule has 2 aliphatic carbocycles. The van der Waals surface area contributed by atoms with Gasteiger partial charge < -0.3 is 15.1 Å². The lowest BCUT2D eigenvalue weighted by Crippen LogP contribution is -2.59. The molecule has 5 rings (SSSR count). The summed E-state index contributed by atoms with van der Waals surface area (Å²) in [5, 5.41) is 21.0. The molecular formula is C27H40ClN3O5S. The number of hydrogen-bond acceptors (Lipinski definition) is 6. The highest BCUT2D eigenvalue weighted by Gasteiger charge is 2.60. The number of rotatable bonds is 8. The zero-order valence-corrected chi connectivity index (χ0v) is 23.4. The van der Waals surface area contributed by atoms with Gasteiger partial charge in [0.2, 0.25) is 15.9 Å². The molecule has 4 fully saturated rings. The van der Waals surface area contributed by atoms with E-state index in [9.17, 15) is 23.4 Å². The van der Waals surface area contributed by atoms with Gasteiger partial charge in [-0.1, -0.05) is 11.6 Å². The monoisotopic (exact) mass is 553 g/mol. The van der Waals surface area contributed by atoms with Gasteiger partial charge in [0.1, 0.15) is 0 Å². The van der Waals surface area contributed by atoms with Gasteiger partial charge in [0.25, 0.3) is 0 Å². The summed E-state index contributed by atoms with van der Waals surface area (Å²) in [5.41, 5.74) is -0.758. The van der Waals surface area contributed by atoms with Crippen molar-refractivity contribution in [3.63, 3.8) is 0 Å². The van der Waals surface area contributed by atoms with Crippen molar-refractivity contribution in [2.24, 2.45) is 11.3 Å². The smallest absolute Gasteiger partial charge is 0.243 e. The van der Waals surface area contributed by atoms with Crippen molar-refractivity contribution >= 4 is 27.5 Å². The van der Waals surface area contributed by atoms with Crippen LogP contribution in [0, 0.1) is 11.3 Å². The Morgan fingerprint density at radius 1 is 1.08 bits per heavy atom. The molecule has 2 heterocycles. The average molecular weight is 554 g/mol. The Morgan fingerprint density at radius 3 is 2.24 bits per heavy atom. The fourth-order valence-corrected chi connectivity index (χ4v) is 8.52. The molecule has 8 nitrogen and oxygen atoms in total. The van der Waals surface area contributed by atoms with Gasteiger partial charge in [-0.15, -0.1) is 0 Å². The van der Waals surface area contributed by atoms with Gasteiger partial charge in [0, 0.05) is 55.2 Å². The highest BCUT2D eigenvalue weighted by Crippen LogP contribution is 2.58. The van der Waals surface area contributed by atoms with E-state index in [1.54, 1.807) is 28.6 Å². The van der Waals surface area contributed by atoms with Gasteiger partial charge in [-0.3, -0.25) is 9.69 Å². The molecule has 1 unspecified atom stereocenters. The number of hydrogen-bond donors (Lipinski definition) is 2. The van der Waals surface area contributed by atoms with Crippen molar-refractivity contribution < 1.29 is 23.4 Å². The number of halogens is 1. The first kappa shape index (κ1) is 27.3. The molecule has 1 amide bonds. The molecule has 2 aliphatic heterocycles. The predicted octanol–water partition coefficient (Wildman–Crippen LogP) is 2.72. The van der Waals surface area contributed by atoms with Crippen LogP contribution in [0.1, 0.15) is 58.8 Å². The summed E-state index contributed by atoms with van der Waals surface area (Å²) in [6, 6.07) is 5.67. The van der Waals surface area contributed by atoms with Crippen LogP contribution in [-0.2, 0) is 14.8 Å². The summed E-state index contributed by atoms with van der Waals surface area (Å²) in [6.07, 6.45) is 4.06. The lowest BCUT2D eigenvalue weighted by molar-refractivity contribution is -0.136. The number of nitrogens with zero attached hydrogens (tertiary/aromatic N) is 3. The number of carbonyl (C=O) groups excluding carboxylic acids is 1. The summed E-state index contributed by atoms with van der Waals surface area (Å²) in [5.74, 6) is 0.319. The summed E-state index contributed by atoms with van der Waals surface area (Å²) >= 11 is 6.04. The van der Waals surface area contributed by atoms with Crippen LogP contribution in [0.2, 0.25) is 5.02 Å². The number of piperidine rings is 1. The van der Waals surface area contributed by atoms with Gasteiger partial charge >= 0.3 is 0 Å². The second kappa shape index (κ2) is 10.1. The Labute approximate surface area is 225 Å². The molecule has 0 bridgehead atoms. The SMILES string of the molecule is CC(C)(CO)N1CCN(C(=O)CC2(C3C[C@@H](O)C[C@@H](C4CC4)N3S(=O)(=O)c3ccc(Cl)cc3)CC2)CC1. The molecule has 0 spiro atoms. The van der Waals surface area contributed by atoms with Crippen molar-refractivity contribution in [3.8, 4) is 0 Å². The second-order valence-electron chi connectivity index (χ2n) is 12.2. The minimum atomic E-state index is -3.83. The highest BCUT2D eigenvalue weighted by molar-refractivity contribution is 7.89. The molecule has 2 N–H and O–H groups in total. The van der Waals surface area contributed by atoms with E-state index >= 15 is 0 Å². The molecule has 2 saturated carbocycles. The van der Waals surface area contributed by atoms with E-state index in [0.717, 1.165) is 25.7 Å². The van der Waals surface area contributed by atoms with Gasteiger partial charge in [-0.2, -0.15) is 4.31 Å². The number of sulfonamides is 1. The topological polar surface area (TPSA) is 101 Å². The van der Waals surface area contributed by atoms with E-state index in [4.69, 9.17) is 11.6 Å².